The van der Waals surface area contributed by atoms with E-state index in [0.717, 1.165) is 10.2 Å². The van der Waals surface area contributed by atoms with Crippen molar-refractivity contribution < 1.29 is 14.9 Å². The van der Waals surface area contributed by atoms with Crippen molar-refractivity contribution in [3.05, 3.63) is 46.4 Å². The summed E-state index contributed by atoms with van der Waals surface area (Å²) in [6.07, 6.45) is 0. The molecule has 2 rings (SSSR count). The van der Waals surface area contributed by atoms with Crippen molar-refractivity contribution in [3.8, 4) is 17.2 Å². The molecule has 1 atom stereocenters. The molecule has 0 aliphatic heterocycles. The molecule has 0 aliphatic carbocycles. The van der Waals surface area contributed by atoms with Crippen LogP contribution in [-0.2, 0) is 0 Å². The molecule has 2 aromatic carbocycles. The topological polar surface area (TPSA) is 61.7 Å². The molecule has 0 aliphatic rings. The zero-order chi connectivity index (χ0) is 14.7. The molecule has 4 nitrogen and oxygen atoms in total. The zero-order valence-corrected chi connectivity index (χ0v) is 12.8. The van der Waals surface area contributed by atoms with Gasteiger partial charge in [-0.3, -0.25) is 0 Å². The minimum Gasteiger partial charge on any atom is -0.507 e. The maximum absolute atomic E-state index is 9.85. The summed E-state index contributed by atoms with van der Waals surface area (Å²) in [4.78, 5) is 0. The molecule has 0 bridgehead atoms. The average molecular weight is 338 g/mol. The largest absolute Gasteiger partial charge is 0.507 e. The molecular weight excluding hydrogens is 322 g/mol. The number of phenolic OH excluding ortho intramolecular Hbond substituents is 2. The summed E-state index contributed by atoms with van der Waals surface area (Å²) in [5.74, 6) is 0.840. The predicted molar refractivity (Wildman–Crippen MR) is 82.5 cm³/mol. The van der Waals surface area contributed by atoms with E-state index in [1.54, 1.807) is 25.3 Å². The first kappa shape index (κ1) is 14.5. The molecule has 0 fully saturated rings. The van der Waals surface area contributed by atoms with Crippen molar-refractivity contribution in [1.82, 2.24) is 0 Å². The van der Waals surface area contributed by atoms with Crippen molar-refractivity contribution in [2.24, 2.45) is 0 Å². The third-order valence-corrected chi connectivity index (χ3v) is 3.68. The van der Waals surface area contributed by atoms with E-state index in [2.05, 4.69) is 21.2 Å². The lowest BCUT2D eigenvalue weighted by molar-refractivity contribution is 0.412. The number of hydrogen-bond acceptors (Lipinski definition) is 4. The van der Waals surface area contributed by atoms with Crippen LogP contribution in [0.2, 0.25) is 0 Å². The van der Waals surface area contributed by atoms with Gasteiger partial charge in [-0.1, -0.05) is 6.07 Å². The van der Waals surface area contributed by atoms with Gasteiger partial charge in [0.2, 0.25) is 0 Å². The van der Waals surface area contributed by atoms with Gasteiger partial charge in [-0.05, 0) is 47.1 Å². The van der Waals surface area contributed by atoms with E-state index >= 15 is 0 Å². The number of halogens is 1. The van der Waals surface area contributed by atoms with E-state index in [-0.39, 0.29) is 17.5 Å². The van der Waals surface area contributed by atoms with Crippen LogP contribution in [0, 0.1) is 0 Å². The van der Waals surface area contributed by atoms with Crippen LogP contribution in [0.25, 0.3) is 0 Å². The van der Waals surface area contributed by atoms with E-state index < -0.39 is 0 Å². The predicted octanol–water partition coefficient (Wildman–Crippen LogP) is 4.04. The van der Waals surface area contributed by atoms with E-state index in [9.17, 15) is 10.2 Å². The quantitative estimate of drug-likeness (QED) is 0.787. The summed E-state index contributed by atoms with van der Waals surface area (Å²) >= 11 is 3.39. The first-order valence-electron chi connectivity index (χ1n) is 6.14. The van der Waals surface area contributed by atoms with E-state index in [1.807, 2.05) is 25.1 Å². The number of ether oxygens (including phenoxy) is 1. The van der Waals surface area contributed by atoms with Crippen LogP contribution in [-0.4, -0.2) is 17.3 Å². The van der Waals surface area contributed by atoms with Crippen LogP contribution in [0.4, 0.5) is 5.69 Å². The van der Waals surface area contributed by atoms with Crippen LogP contribution >= 0.6 is 15.9 Å². The molecule has 0 spiro atoms. The lowest BCUT2D eigenvalue weighted by Gasteiger charge is -2.18. The third-order valence-electron chi connectivity index (χ3n) is 3.03. The average Bonchev–Trinajstić information content (AvgIpc) is 2.40. The van der Waals surface area contributed by atoms with Gasteiger partial charge in [0.1, 0.15) is 17.2 Å². The highest BCUT2D eigenvalue weighted by Gasteiger charge is 2.15. The molecule has 0 saturated heterocycles. The normalized spacial score (nSPS) is 11.9. The maximum atomic E-state index is 9.85. The number of hydrogen-bond donors (Lipinski definition) is 3. The number of methoxy groups -OCH3 is 1. The molecule has 1 unspecified atom stereocenters. The fraction of sp³-hybridized carbons (Fsp3) is 0.200. The second kappa shape index (κ2) is 6.05. The van der Waals surface area contributed by atoms with Gasteiger partial charge in [-0.2, -0.15) is 0 Å². The first-order valence-corrected chi connectivity index (χ1v) is 6.93. The van der Waals surface area contributed by atoms with Gasteiger partial charge in [0.25, 0.3) is 0 Å². The summed E-state index contributed by atoms with van der Waals surface area (Å²) in [6, 6.07) is 10.1. The maximum Gasteiger partial charge on any atom is 0.135 e. The van der Waals surface area contributed by atoms with E-state index in [4.69, 9.17) is 4.74 Å². The number of aromatic hydroxyl groups is 2. The van der Waals surface area contributed by atoms with Crippen molar-refractivity contribution >= 4 is 21.6 Å². The SMILES string of the molecule is COc1cc(NC(C)c2c(O)cccc2O)ccc1Br. The number of phenols is 2. The number of anilines is 1. The first-order chi connectivity index (χ1) is 9.52. The van der Waals surface area contributed by atoms with Gasteiger partial charge < -0.3 is 20.3 Å². The Morgan fingerprint density at radius 3 is 2.40 bits per heavy atom. The molecule has 2 aromatic rings. The molecule has 0 radical (unpaired) electrons. The molecule has 0 saturated carbocycles. The molecule has 106 valence electrons. The lowest BCUT2D eigenvalue weighted by atomic mass is 10.1. The Morgan fingerprint density at radius 2 is 1.80 bits per heavy atom. The fourth-order valence-corrected chi connectivity index (χ4v) is 2.47. The fourth-order valence-electron chi connectivity index (χ4n) is 2.06. The number of benzene rings is 2. The standard InChI is InChI=1S/C15H16BrNO3/c1-9(15-12(18)4-3-5-13(15)19)17-10-6-7-11(16)14(8-10)20-2/h3-9,17-19H,1-2H3. The van der Waals surface area contributed by atoms with Crippen molar-refractivity contribution in [2.45, 2.75) is 13.0 Å². The van der Waals surface area contributed by atoms with Crippen molar-refractivity contribution in [3.63, 3.8) is 0 Å². The van der Waals surface area contributed by atoms with Gasteiger partial charge in [0, 0.05) is 11.8 Å². The monoisotopic (exact) mass is 337 g/mol. The highest BCUT2D eigenvalue weighted by atomic mass is 79.9. The van der Waals surface area contributed by atoms with Gasteiger partial charge in [-0.25, -0.2) is 0 Å². The van der Waals surface area contributed by atoms with Crippen LogP contribution in [0.3, 0.4) is 0 Å². The third kappa shape index (κ3) is 2.99. The van der Waals surface area contributed by atoms with Crippen LogP contribution < -0.4 is 10.1 Å². The molecule has 0 heterocycles. The Kier molecular flexibility index (Phi) is 4.39. The Balaban J connectivity index is 2.26. The summed E-state index contributed by atoms with van der Waals surface area (Å²) in [7, 11) is 1.60. The van der Waals surface area contributed by atoms with Gasteiger partial charge in [-0.15, -0.1) is 0 Å². The Bertz CT molecular complexity index is 596. The minimum atomic E-state index is -0.248. The Morgan fingerprint density at radius 1 is 1.15 bits per heavy atom. The number of nitrogens with one attached hydrogen (secondary N) is 1. The zero-order valence-electron chi connectivity index (χ0n) is 11.2. The minimum absolute atomic E-state index is 0.0640. The second-order valence-corrected chi connectivity index (χ2v) is 5.28. The number of rotatable bonds is 4. The van der Waals surface area contributed by atoms with E-state index in [0.29, 0.717) is 11.3 Å². The summed E-state index contributed by atoms with van der Waals surface area (Å²) in [5.41, 5.74) is 1.30. The van der Waals surface area contributed by atoms with Gasteiger partial charge >= 0.3 is 0 Å². The summed E-state index contributed by atoms with van der Waals surface area (Å²) < 4.78 is 6.10. The molecule has 20 heavy (non-hydrogen) atoms. The van der Waals surface area contributed by atoms with Crippen LogP contribution in [0.5, 0.6) is 17.2 Å². The highest BCUT2D eigenvalue weighted by molar-refractivity contribution is 9.10. The molecule has 0 amide bonds. The Hall–Kier alpha value is -1.88. The van der Waals surface area contributed by atoms with Crippen LogP contribution in [0.15, 0.2) is 40.9 Å². The summed E-state index contributed by atoms with van der Waals surface area (Å²) in [5, 5.41) is 22.9. The Labute approximate surface area is 126 Å². The summed E-state index contributed by atoms with van der Waals surface area (Å²) in [6.45, 7) is 1.86. The van der Waals surface area contributed by atoms with Crippen LogP contribution in [0.1, 0.15) is 18.5 Å². The second-order valence-electron chi connectivity index (χ2n) is 4.43. The lowest BCUT2D eigenvalue weighted by Crippen LogP contribution is -2.07. The molecule has 5 heteroatoms. The van der Waals surface area contributed by atoms with Crippen molar-refractivity contribution in [2.75, 3.05) is 12.4 Å². The molecule has 0 aromatic heterocycles. The smallest absolute Gasteiger partial charge is 0.135 e. The van der Waals surface area contributed by atoms with Gasteiger partial charge in [0.05, 0.1) is 23.2 Å². The van der Waals surface area contributed by atoms with Crippen molar-refractivity contribution in [1.29, 1.82) is 0 Å². The molecule has 3 N–H and O–H groups in total. The van der Waals surface area contributed by atoms with Gasteiger partial charge in [0.15, 0.2) is 0 Å². The highest BCUT2D eigenvalue weighted by Crippen LogP contribution is 2.35. The van der Waals surface area contributed by atoms with E-state index in [1.165, 1.54) is 0 Å². The molecular formula is C15H16BrNO3.